The Balaban J connectivity index is 2.43. The molecule has 0 aromatic heterocycles. The van der Waals surface area contributed by atoms with E-state index in [9.17, 15) is 0 Å². The Morgan fingerprint density at radius 3 is 2.65 bits per heavy atom. The van der Waals surface area contributed by atoms with Gasteiger partial charge in [-0.1, -0.05) is 13.8 Å². The van der Waals surface area contributed by atoms with E-state index >= 15 is 0 Å². The summed E-state index contributed by atoms with van der Waals surface area (Å²) >= 11 is 0. The molecule has 0 amide bonds. The van der Waals surface area contributed by atoms with E-state index in [1.165, 1.54) is 38.8 Å². The number of nitrogens with one attached hydrogen (secondary N) is 1. The van der Waals surface area contributed by atoms with Crippen molar-refractivity contribution >= 4 is 0 Å². The van der Waals surface area contributed by atoms with Crippen LogP contribution in [0.3, 0.4) is 0 Å². The van der Waals surface area contributed by atoms with Crippen LogP contribution in [0.2, 0.25) is 0 Å². The molecule has 1 unspecified atom stereocenters. The topological polar surface area (TPSA) is 15.3 Å². The Kier molecular flexibility index (Phi) is 6.02. The number of nitrogens with zero attached hydrogens (tertiary/aromatic N) is 1. The standard InChI is InChI=1S/C15H28N2/c1-5-8-9-10-11-17-13-15(6-2,7-3)16-12-14(17)4/h1,14,16H,6-13H2,2-4H3. The van der Waals surface area contributed by atoms with Crippen LogP contribution in [0.5, 0.6) is 0 Å². The van der Waals surface area contributed by atoms with Crippen LogP contribution in [0.4, 0.5) is 0 Å². The minimum Gasteiger partial charge on any atom is -0.308 e. The maximum atomic E-state index is 5.29. The molecule has 98 valence electrons. The van der Waals surface area contributed by atoms with Crippen molar-refractivity contribution in [3.63, 3.8) is 0 Å². The molecule has 1 fully saturated rings. The lowest BCUT2D eigenvalue weighted by Crippen LogP contribution is -2.63. The van der Waals surface area contributed by atoms with E-state index in [2.05, 4.69) is 36.9 Å². The van der Waals surface area contributed by atoms with Gasteiger partial charge in [0.05, 0.1) is 0 Å². The molecule has 0 saturated carbocycles. The Hall–Kier alpha value is -0.520. The summed E-state index contributed by atoms with van der Waals surface area (Å²) in [7, 11) is 0. The lowest BCUT2D eigenvalue weighted by Gasteiger charge is -2.46. The molecule has 0 radical (unpaired) electrons. The number of unbranched alkanes of at least 4 members (excludes halogenated alkanes) is 2. The molecule has 0 aliphatic carbocycles. The molecule has 0 aromatic rings. The van der Waals surface area contributed by atoms with Crippen LogP contribution < -0.4 is 5.32 Å². The third kappa shape index (κ3) is 4.01. The van der Waals surface area contributed by atoms with Crippen molar-refractivity contribution in [2.24, 2.45) is 0 Å². The Bertz CT molecular complexity index is 250. The fraction of sp³-hybridized carbons (Fsp3) is 0.867. The van der Waals surface area contributed by atoms with Gasteiger partial charge in [0.15, 0.2) is 0 Å². The summed E-state index contributed by atoms with van der Waals surface area (Å²) < 4.78 is 0. The summed E-state index contributed by atoms with van der Waals surface area (Å²) in [6.07, 6.45) is 11.0. The van der Waals surface area contributed by atoms with E-state index in [-0.39, 0.29) is 0 Å². The van der Waals surface area contributed by atoms with Crippen molar-refractivity contribution < 1.29 is 0 Å². The van der Waals surface area contributed by atoms with Gasteiger partial charge in [0.25, 0.3) is 0 Å². The second kappa shape index (κ2) is 7.03. The van der Waals surface area contributed by atoms with Crippen molar-refractivity contribution in [2.45, 2.75) is 64.5 Å². The van der Waals surface area contributed by atoms with Gasteiger partial charge in [0.1, 0.15) is 0 Å². The van der Waals surface area contributed by atoms with Gasteiger partial charge in [0, 0.05) is 31.1 Å². The molecular formula is C15H28N2. The molecule has 2 nitrogen and oxygen atoms in total. The van der Waals surface area contributed by atoms with Crippen LogP contribution in [-0.4, -0.2) is 36.1 Å². The minimum absolute atomic E-state index is 0.346. The van der Waals surface area contributed by atoms with Gasteiger partial charge >= 0.3 is 0 Å². The quantitative estimate of drug-likeness (QED) is 0.563. The highest BCUT2D eigenvalue weighted by Gasteiger charge is 2.34. The average Bonchev–Trinajstić information content (AvgIpc) is 2.37. The average molecular weight is 236 g/mol. The Morgan fingerprint density at radius 1 is 1.35 bits per heavy atom. The van der Waals surface area contributed by atoms with Gasteiger partial charge in [-0.2, -0.15) is 0 Å². The van der Waals surface area contributed by atoms with Crippen LogP contribution in [0.15, 0.2) is 0 Å². The van der Waals surface area contributed by atoms with Crippen LogP contribution in [-0.2, 0) is 0 Å². The molecule has 1 aliphatic heterocycles. The molecule has 1 atom stereocenters. The first-order valence-electron chi connectivity index (χ1n) is 7.10. The summed E-state index contributed by atoms with van der Waals surface area (Å²) in [5.41, 5.74) is 0.346. The predicted octanol–water partition coefficient (Wildman–Crippen LogP) is 2.64. The highest BCUT2D eigenvalue weighted by molar-refractivity contribution is 4.95. The van der Waals surface area contributed by atoms with E-state index in [4.69, 9.17) is 6.42 Å². The summed E-state index contributed by atoms with van der Waals surface area (Å²) in [5, 5.41) is 3.74. The van der Waals surface area contributed by atoms with E-state index in [1.807, 2.05) is 0 Å². The number of piperazine rings is 1. The first-order valence-corrected chi connectivity index (χ1v) is 7.10. The Morgan fingerprint density at radius 2 is 2.06 bits per heavy atom. The van der Waals surface area contributed by atoms with Gasteiger partial charge in [-0.15, -0.1) is 12.3 Å². The fourth-order valence-electron chi connectivity index (χ4n) is 2.66. The van der Waals surface area contributed by atoms with Gasteiger partial charge < -0.3 is 5.32 Å². The van der Waals surface area contributed by atoms with Crippen molar-refractivity contribution in [1.82, 2.24) is 10.2 Å². The number of terminal acetylenes is 1. The highest BCUT2D eigenvalue weighted by atomic mass is 15.2. The zero-order valence-electron chi connectivity index (χ0n) is 11.8. The largest absolute Gasteiger partial charge is 0.308 e. The second-order valence-electron chi connectivity index (χ2n) is 5.35. The number of hydrogen-bond donors (Lipinski definition) is 1. The monoisotopic (exact) mass is 236 g/mol. The third-order valence-electron chi connectivity index (χ3n) is 4.27. The van der Waals surface area contributed by atoms with Crippen molar-refractivity contribution in [1.29, 1.82) is 0 Å². The zero-order chi connectivity index (χ0) is 12.7. The van der Waals surface area contributed by atoms with Gasteiger partial charge in [-0.05, 0) is 39.2 Å². The first-order chi connectivity index (χ1) is 8.17. The molecule has 17 heavy (non-hydrogen) atoms. The van der Waals surface area contributed by atoms with Gasteiger partial charge in [0.2, 0.25) is 0 Å². The molecule has 0 aromatic carbocycles. The smallest absolute Gasteiger partial charge is 0.0304 e. The van der Waals surface area contributed by atoms with Crippen molar-refractivity contribution in [3.05, 3.63) is 0 Å². The first kappa shape index (κ1) is 14.5. The molecule has 1 heterocycles. The van der Waals surface area contributed by atoms with Crippen LogP contribution >= 0.6 is 0 Å². The molecular weight excluding hydrogens is 208 g/mol. The van der Waals surface area contributed by atoms with E-state index in [1.54, 1.807) is 0 Å². The van der Waals surface area contributed by atoms with Crippen LogP contribution in [0.25, 0.3) is 0 Å². The maximum absolute atomic E-state index is 5.29. The van der Waals surface area contributed by atoms with E-state index < -0.39 is 0 Å². The third-order valence-corrected chi connectivity index (χ3v) is 4.27. The van der Waals surface area contributed by atoms with E-state index in [0.29, 0.717) is 11.6 Å². The van der Waals surface area contributed by atoms with Crippen LogP contribution in [0, 0.1) is 12.3 Å². The summed E-state index contributed by atoms with van der Waals surface area (Å²) in [6.45, 7) is 10.4. The maximum Gasteiger partial charge on any atom is 0.0304 e. The SMILES string of the molecule is C#CCCCCN1CC(CC)(CC)NCC1C. The normalized spacial score (nSPS) is 24.5. The molecule has 1 rings (SSSR count). The fourth-order valence-corrected chi connectivity index (χ4v) is 2.66. The summed E-state index contributed by atoms with van der Waals surface area (Å²) in [4.78, 5) is 2.64. The minimum atomic E-state index is 0.346. The molecule has 0 spiro atoms. The van der Waals surface area contributed by atoms with Gasteiger partial charge in [-0.25, -0.2) is 0 Å². The molecule has 1 saturated heterocycles. The number of hydrogen-bond acceptors (Lipinski definition) is 2. The second-order valence-corrected chi connectivity index (χ2v) is 5.35. The highest BCUT2D eigenvalue weighted by Crippen LogP contribution is 2.22. The molecule has 2 heteroatoms. The molecule has 0 bridgehead atoms. The lowest BCUT2D eigenvalue weighted by atomic mass is 9.88. The van der Waals surface area contributed by atoms with E-state index in [0.717, 1.165) is 13.0 Å². The van der Waals surface area contributed by atoms with Crippen LogP contribution in [0.1, 0.15) is 52.9 Å². The van der Waals surface area contributed by atoms with Crippen molar-refractivity contribution in [2.75, 3.05) is 19.6 Å². The van der Waals surface area contributed by atoms with Gasteiger partial charge in [-0.3, -0.25) is 4.90 Å². The molecule has 1 aliphatic rings. The summed E-state index contributed by atoms with van der Waals surface area (Å²) in [5.74, 6) is 2.72. The lowest BCUT2D eigenvalue weighted by molar-refractivity contribution is 0.0795. The summed E-state index contributed by atoms with van der Waals surface area (Å²) in [6, 6.07) is 0.659. The Labute approximate surface area is 107 Å². The molecule has 1 N–H and O–H groups in total. The predicted molar refractivity (Wildman–Crippen MR) is 75.0 cm³/mol. The zero-order valence-corrected chi connectivity index (χ0v) is 11.8. The van der Waals surface area contributed by atoms with Crippen molar-refractivity contribution in [3.8, 4) is 12.3 Å². The number of rotatable bonds is 6.